The molecule has 0 aliphatic carbocycles. The van der Waals surface area contributed by atoms with E-state index in [4.69, 9.17) is 9.84 Å². The Bertz CT molecular complexity index is 1420. The number of nitrogens with zero attached hydrogens (tertiary/aromatic N) is 3. The zero-order valence-electron chi connectivity index (χ0n) is 18.8. The van der Waals surface area contributed by atoms with E-state index in [0.29, 0.717) is 34.5 Å². The third kappa shape index (κ3) is 3.86. The topological polar surface area (TPSA) is 79.2 Å². The average molecular weight is 472 g/mol. The van der Waals surface area contributed by atoms with E-state index in [2.05, 4.69) is 4.98 Å². The number of nitrogens with one attached hydrogen (secondary N) is 1. The lowest BCUT2D eigenvalue weighted by Gasteiger charge is -2.32. The van der Waals surface area contributed by atoms with Crippen molar-refractivity contribution in [2.24, 2.45) is 0 Å². The molecule has 0 radical (unpaired) electrons. The third-order valence-corrected chi connectivity index (χ3v) is 6.30. The second-order valence-corrected chi connectivity index (χ2v) is 8.64. The predicted octanol–water partition coefficient (Wildman–Crippen LogP) is 3.94. The van der Waals surface area contributed by atoms with Crippen molar-refractivity contribution >= 4 is 23.4 Å². The molecule has 7 nitrogen and oxygen atoms in total. The molecule has 0 spiro atoms. The second kappa shape index (κ2) is 9.15. The van der Waals surface area contributed by atoms with E-state index in [1.54, 1.807) is 9.58 Å². The van der Waals surface area contributed by atoms with Gasteiger partial charge >= 0.3 is 11.3 Å². The molecule has 4 aromatic rings. The van der Waals surface area contributed by atoms with Crippen molar-refractivity contribution in [3.63, 3.8) is 0 Å². The number of aromatic nitrogens is 3. The number of carbonyl (C=O) groups is 1. The fraction of sp³-hybridized carbons (Fsp3) is 0.154. The van der Waals surface area contributed by atoms with Crippen LogP contribution < -0.4 is 19.9 Å². The first-order valence-electron chi connectivity index (χ1n) is 10.8. The summed E-state index contributed by atoms with van der Waals surface area (Å²) in [6.07, 6.45) is 1.15. The summed E-state index contributed by atoms with van der Waals surface area (Å²) in [4.78, 5) is 30.7. The van der Waals surface area contributed by atoms with Gasteiger partial charge in [0.25, 0.3) is 6.17 Å². The Hall–Kier alpha value is -3.91. The summed E-state index contributed by atoms with van der Waals surface area (Å²) >= 11 is 1.33. The van der Waals surface area contributed by atoms with Crippen molar-refractivity contribution in [3.05, 3.63) is 100 Å². The van der Waals surface area contributed by atoms with E-state index in [-0.39, 0.29) is 11.5 Å². The van der Waals surface area contributed by atoms with E-state index in [9.17, 15) is 9.59 Å². The summed E-state index contributed by atoms with van der Waals surface area (Å²) in [7, 11) is 0. The van der Waals surface area contributed by atoms with E-state index in [0.717, 1.165) is 11.1 Å². The van der Waals surface area contributed by atoms with Crippen LogP contribution in [-0.4, -0.2) is 22.2 Å². The molecule has 5 rings (SSSR count). The molecule has 8 heteroatoms. The maximum atomic E-state index is 13.2. The number of benzene rings is 3. The Kier molecular flexibility index (Phi) is 5.90. The van der Waals surface area contributed by atoms with Crippen molar-refractivity contribution in [1.82, 2.24) is 10.1 Å². The monoisotopic (exact) mass is 471 g/mol. The fourth-order valence-electron chi connectivity index (χ4n) is 4.25. The molecule has 1 aromatic heterocycles. The summed E-state index contributed by atoms with van der Waals surface area (Å²) in [6, 6.07) is 24.8. The summed E-state index contributed by atoms with van der Waals surface area (Å²) in [5.74, 6) is 0.453. The van der Waals surface area contributed by atoms with Crippen molar-refractivity contribution in [3.8, 4) is 17.0 Å². The van der Waals surface area contributed by atoms with Gasteiger partial charge in [0.05, 0.1) is 16.8 Å². The molecular weight excluding hydrogens is 448 g/mol. The van der Waals surface area contributed by atoms with E-state index in [1.807, 2.05) is 85.1 Å². The highest BCUT2D eigenvalue weighted by molar-refractivity contribution is 7.98. The highest BCUT2D eigenvalue weighted by Crippen LogP contribution is 2.39. The van der Waals surface area contributed by atoms with Gasteiger partial charge in [-0.1, -0.05) is 66.4 Å². The van der Waals surface area contributed by atoms with Crippen LogP contribution in [0.5, 0.6) is 5.75 Å². The number of H-pyrrole nitrogens is 1. The third-order valence-electron chi connectivity index (χ3n) is 5.73. The van der Waals surface area contributed by atoms with Crippen LogP contribution in [0.1, 0.15) is 24.2 Å². The average Bonchev–Trinajstić information content (AvgIpc) is 2.87. The molecule has 0 fully saturated rings. The van der Waals surface area contributed by atoms with Gasteiger partial charge in [-0.05, 0) is 40.8 Å². The lowest BCUT2D eigenvalue weighted by Crippen LogP contribution is -2.60. The smallest absolute Gasteiger partial charge is 0.325 e. The Morgan fingerprint density at radius 1 is 1.06 bits per heavy atom. The highest BCUT2D eigenvalue weighted by atomic mass is 32.2. The molecule has 1 aliphatic rings. The van der Waals surface area contributed by atoms with Gasteiger partial charge in [-0.2, -0.15) is 0 Å². The number of anilines is 1. The molecule has 34 heavy (non-hydrogen) atoms. The van der Waals surface area contributed by atoms with Crippen LogP contribution in [0.2, 0.25) is 0 Å². The van der Waals surface area contributed by atoms with Crippen molar-refractivity contribution < 1.29 is 14.2 Å². The molecule has 0 saturated carbocycles. The number of carbonyl (C=O) groups excluding carboxylic acids is 1. The summed E-state index contributed by atoms with van der Waals surface area (Å²) in [5.41, 5.74) is 3.21. The SMILES string of the molecule is CSc1n[n+]2c(c(=O)[nH]1)-c1ccccc1N(C(C)=O)[C@H]2c1ccccc1OCc1ccccc1. The number of thioether (sulfide) groups is 1. The van der Waals surface area contributed by atoms with Crippen LogP contribution in [0.4, 0.5) is 5.69 Å². The number of para-hydroxylation sites is 2. The minimum atomic E-state index is -0.692. The zero-order valence-corrected chi connectivity index (χ0v) is 19.6. The summed E-state index contributed by atoms with van der Waals surface area (Å²) in [6.45, 7) is 1.89. The Morgan fingerprint density at radius 2 is 1.76 bits per heavy atom. The predicted molar refractivity (Wildman–Crippen MR) is 131 cm³/mol. The largest absolute Gasteiger partial charge is 0.488 e. The number of ether oxygens (including phenoxy) is 1. The van der Waals surface area contributed by atoms with Gasteiger partial charge in [-0.15, -0.1) is 0 Å². The van der Waals surface area contributed by atoms with E-state index >= 15 is 0 Å². The van der Waals surface area contributed by atoms with Crippen LogP contribution in [0.15, 0.2) is 88.8 Å². The molecule has 1 N–H and O–H groups in total. The molecule has 1 atom stereocenters. The minimum Gasteiger partial charge on any atom is -0.488 e. The molecule has 3 aromatic carbocycles. The molecule has 0 bridgehead atoms. The van der Waals surface area contributed by atoms with Gasteiger partial charge < -0.3 is 4.74 Å². The zero-order chi connectivity index (χ0) is 23.7. The molecule has 2 heterocycles. The van der Waals surface area contributed by atoms with Gasteiger partial charge in [-0.3, -0.25) is 14.6 Å². The molecule has 1 amide bonds. The number of hydrogen-bond acceptors (Lipinski definition) is 5. The number of amides is 1. The summed E-state index contributed by atoms with van der Waals surface area (Å²) < 4.78 is 7.86. The Labute approximate surface area is 201 Å². The molecule has 0 saturated heterocycles. The van der Waals surface area contributed by atoms with Crippen LogP contribution in [0.3, 0.4) is 0 Å². The van der Waals surface area contributed by atoms with Crippen molar-refractivity contribution in [2.75, 3.05) is 11.2 Å². The first kappa shape index (κ1) is 21.9. The maximum absolute atomic E-state index is 13.2. The lowest BCUT2D eigenvalue weighted by molar-refractivity contribution is -0.763. The number of fused-ring (bicyclic) bond motifs is 3. The molecule has 170 valence electrons. The first-order valence-corrected chi connectivity index (χ1v) is 12.1. The molecule has 0 unspecified atom stereocenters. The number of rotatable bonds is 5. The van der Waals surface area contributed by atoms with Crippen molar-refractivity contribution in [2.45, 2.75) is 24.9 Å². The van der Waals surface area contributed by atoms with Gasteiger partial charge in [0.15, 0.2) is 0 Å². The van der Waals surface area contributed by atoms with Crippen LogP contribution in [0, 0.1) is 0 Å². The van der Waals surface area contributed by atoms with Crippen molar-refractivity contribution in [1.29, 1.82) is 0 Å². The number of aromatic amines is 1. The van der Waals surface area contributed by atoms with Crippen LogP contribution >= 0.6 is 11.8 Å². The maximum Gasteiger partial charge on any atom is 0.325 e. The van der Waals surface area contributed by atoms with E-state index < -0.39 is 6.17 Å². The first-order chi connectivity index (χ1) is 16.6. The Morgan fingerprint density at radius 3 is 2.53 bits per heavy atom. The van der Waals surface area contributed by atoms with Crippen LogP contribution in [-0.2, 0) is 11.4 Å². The molecule has 1 aliphatic heterocycles. The van der Waals surface area contributed by atoms with Gasteiger partial charge in [0.2, 0.25) is 11.1 Å². The van der Waals surface area contributed by atoms with Gasteiger partial charge in [0.1, 0.15) is 12.4 Å². The molecular formula is C26H23N4O3S+. The highest BCUT2D eigenvalue weighted by Gasteiger charge is 2.46. The van der Waals surface area contributed by atoms with Gasteiger partial charge in [-0.25, -0.2) is 4.90 Å². The van der Waals surface area contributed by atoms with E-state index in [1.165, 1.54) is 18.7 Å². The quantitative estimate of drug-likeness (QED) is 0.352. The van der Waals surface area contributed by atoms with Crippen LogP contribution in [0.25, 0.3) is 11.3 Å². The lowest BCUT2D eigenvalue weighted by atomic mass is 10.0. The minimum absolute atomic E-state index is 0.166. The summed E-state index contributed by atoms with van der Waals surface area (Å²) in [5, 5.41) is 5.18. The van der Waals surface area contributed by atoms with Gasteiger partial charge in [0, 0.05) is 12.0 Å². The fourth-order valence-corrected chi connectivity index (χ4v) is 4.61. The normalized spacial score (nSPS) is 14.3. The second-order valence-electron chi connectivity index (χ2n) is 7.85. The Balaban J connectivity index is 1.71. The number of hydrogen-bond donors (Lipinski definition) is 1. The standard InChI is InChI=1S/C26H22N4O3S/c1-17(31)29-21-14-8-6-12-19(21)23-24(32)27-26(34-2)28-30(23)25(29)20-13-7-9-15-22(20)33-16-18-10-4-3-5-11-18/h3-15,25H,16H2,1-2H3/p+1/t25-/m1/s1.